The van der Waals surface area contributed by atoms with Gasteiger partial charge in [0.05, 0.1) is 23.3 Å². The van der Waals surface area contributed by atoms with Crippen LogP contribution in [-0.4, -0.2) is 52.4 Å². The van der Waals surface area contributed by atoms with Crippen molar-refractivity contribution < 1.29 is 8.42 Å². The monoisotopic (exact) mass is 427 g/mol. The van der Waals surface area contributed by atoms with Gasteiger partial charge in [-0.15, -0.1) is 0 Å². The Hall–Kier alpha value is -2.45. The number of anilines is 1. The average Bonchev–Trinajstić information content (AvgIpc) is 3.34. The zero-order chi connectivity index (χ0) is 21.3. The normalized spacial score (nSPS) is 17.6. The van der Waals surface area contributed by atoms with E-state index in [2.05, 4.69) is 45.3 Å². The van der Waals surface area contributed by atoms with E-state index in [4.69, 9.17) is 0 Å². The molecule has 0 radical (unpaired) electrons. The summed E-state index contributed by atoms with van der Waals surface area (Å²) in [4.78, 5) is 11.0. The van der Waals surface area contributed by atoms with Crippen molar-refractivity contribution in [1.82, 2.24) is 19.4 Å². The van der Waals surface area contributed by atoms with Gasteiger partial charge in [0.25, 0.3) is 0 Å². The highest BCUT2D eigenvalue weighted by atomic mass is 32.2. The van der Waals surface area contributed by atoms with Gasteiger partial charge in [-0.1, -0.05) is 25.1 Å². The first-order valence-electron chi connectivity index (χ1n) is 10.4. The molecular formula is C22H29N5O2S. The Labute approximate surface area is 178 Å². The molecule has 1 unspecified atom stereocenters. The van der Waals surface area contributed by atoms with Gasteiger partial charge in [-0.05, 0) is 36.1 Å². The van der Waals surface area contributed by atoms with E-state index >= 15 is 0 Å². The predicted molar refractivity (Wildman–Crippen MR) is 120 cm³/mol. The number of fused-ring (bicyclic) bond motifs is 1. The lowest BCUT2D eigenvalue weighted by atomic mass is 10.0. The highest BCUT2D eigenvalue weighted by Gasteiger charge is 2.29. The summed E-state index contributed by atoms with van der Waals surface area (Å²) in [5.41, 5.74) is 5.74. The highest BCUT2D eigenvalue weighted by Crippen LogP contribution is 2.21. The molecular weight excluding hydrogens is 398 g/mol. The van der Waals surface area contributed by atoms with Gasteiger partial charge >= 0.3 is 0 Å². The molecule has 1 aromatic carbocycles. The molecule has 3 heterocycles. The second kappa shape index (κ2) is 8.35. The number of benzene rings is 1. The van der Waals surface area contributed by atoms with Gasteiger partial charge in [0.15, 0.2) is 9.84 Å². The van der Waals surface area contributed by atoms with Crippen molar-refractivity contribution in [2.45, 2.75) is 38.1 Å². The van der Waals surface area contributed by atoms with Crippen molar-refractivity contribution in [2.24, 2.45) is 7.05 Å². The number of aromatic nitrogens is 3. The van der Waals surface area contributed by atoms with Gasteiger partial charge in [-0.25, -0.2) is 18.4 Å². The molecule has 1 fully saturated rings. The van der Waals surface area contributed by atoms with Crippen LogP contribution in [0.5, 0.6) is 0 Å². The van der Waals surface area contributed by atoms with Crippen molar-refractivity contribution in [3.8, 4) is 0 Å². The molecule has 7 nitrogen and oxygen atoms in total. The molecule has 0 bridgehead atoms. The molecule has 1 aliphatic rings. The van der Waals surface area contributed by atoms with Crippen LogP contribution in [-0.2, 0) is 36.4 Å². The van der Waals surface area contributed by atoms with Crippen LogP contribution < -0.4 is 5.32 Å². The number of sulfone groups is 1. The fourth-order valence-corrected chi connectivity index (χ4v) is 5.16. The van der Waals surface area contributed by atoms with Crippen LogP contribution in [0.4, 0.5) is 5.82 Å². The number of likely N-dealkylation sites (tertiary alicyclic amines) is 1. The highest BCUT2D eigenvalue weighted by molar-refractivity contribution is 7.91. The van der Waals surface area contributed by atoms with Crippen molar-refractivity contribution >= 4 is 26.7 Å². The summed E-state index contributed by atoms with van der Waals surface area (Å²) in [5, 5.41) is 3.20. The molecule has 1 saturated heterocycles. The quantitative estimate of drug-likeness (QED) is 0.625. The third-order valence-corrected chi connectivity index (χ3v) is 7.56. The summed E-state index contributed by atoms with van der Waals surface area (Å²) in [6, 6.07) is 8.60. The van der Waals surface area contributed by atoms with Crippen molar-refractivity contribution in [3.05, 3.63) is 53.5 Å². The number of pyridine rings is 1. The molecule has 160 valence electrons. The van der Waals surface area contributed by atoms with Crippen LogP contribution in [0.25, 0.3) is 11.0 Å². The molecule has 4 rings (SSSR count). The Morgan fingerprint density at radius 3 is 2.77 bits per heavy atom. The van der Waals surface area contributed by atoms with E-state index in [0.717, 1.165) is 42.8 Å². The van der Waals surface area contributed by atoms with Crippen LogP contribution in [0, 0.1) is 0 Å². The third-order valence-electron chi connectivity index (χ3n) is 5.96. The summed E-state index contributed by atoms with van der Waals surface area (Å²) in [7, 11) is -0.977. The van der Waals surface area contributed by atoms with Gasteiger partial charge in [0.2, 0.25) is 0 Å². The van der Waals surface area contributed by atoms with Gasteiger partial charge in [-0.3, -0.25) is 4.90 Å². The number of nitrogens with zero attached hydrogens (tertiary/aromatic N) is 4. The van der Waals surface area contributed by atoms with E-state index in [9.17, 15) is 8.42 Å². The van der Waals surface area contributed by atoms with Gasteiger partial charge < -0.3 is 9.88 Å². The fraction of sp³-hybridized carbons (Fsp3) is 0.455. The third kappa shape index (κ3) is 4.49. The van der Waals surface area contributed by atoms with E-state index < -0.39 is 9.84 Å². The maximum atomic E-state index is 11.8. The van der Waals surface area contributed by atoms with E-state index in [1.165, 1.54) is 22.9 Å². The molecule has 3 aromatic rings. The summed E-state index contributed by atoms with van der Waals surface area (Å²) < 4.78 is 25.6. The van der Waals surface area contributed by atoms with Crippen molar-refractivity contribution in [1.29, 1.82) is 0 Å². The Morgan fingerprint density at radius 2 is 2.03 bits per heavy atom. The first-order valence-corrected chi connectivity index (χ1v) is 12.3. The minimum Gasteiger partial charge on any atom is -0.366 e. The van der Waals surface area contributed by atoms with Crippen LogP contribution >= 0.6 is 0 Å². The molecule has 0 saturated carbocycles. The molecule has 0 aliphatic carbocycles. The average molecular weight is 428 g/mol. The van der Waals surface area contributed by atoms with Crippen molar-refractivity contribution in [3.63, 3.8) is 0 Å². The minimum atomic E-state index is -2.96. The van der Waals surface area contributed by atoms with E-state index in [0.29, 0.717) is 13.1 Å². The lowest BCUT2D eigenvalue weighted by Crippen LogP contribution is -2.26. The number of imidazole rings is 1. The maximum absolute atomic E-state index is 11.8. The Kier molecular flexibility index (Phi) is 5.79. The minimum absolute atomic E-state index is 0.226. The fourth-order valence-electron chi connectivity index (χ4n) is 4.14. The largest absolute Gasteiger partial charge is 0.366 e. The zero-order valence-electron chi connectivity index (χ0n) is 17.8. The van der Waals surface area contributed by atoms with Crippen LogP contribution in [0.3, 0.4) is 0 Å². The van der Waals surface area contributed by atoms with Crippen molar-refractivity contribution in [2.75, 3.05) is 24.7 Å². The van der Waals surface area contributed by atoms with Gasteiger partial charge in [-0.2, -0.15) is 0 Å². The van der Waals surface area contributed by atoms with Crippen LogP contribution in [0.2, 0.25) is 0 Å². The zero-order valence-corrected chi connectivity index (χ0v) is 18.6. The molecule has 30 heavy (non-hydrogen) atoms. The molecule has 1 atom stereocenters. The second-order valence-corrected chi connectivity index (χ2v) is 10.5. The molecule has 8 heteroatoms. The number of hydrogen-bond acceptors (Lipinski definition) is 6. The molecule has 1 N–H and O–H groups in total. The lowest BCUT2D eigenvalue weighted by molar-refractivity contribution is 0.331. The van der Waals surface area contributed by atoms with E-state index in [-0.39, 0.29) is 5.25 Å². The topological polar surface area (TPSA) is 80.1 Å². The second-order valence-electron chi connectivity index (χ2n) is 8.20. The Bertz CT molecular complexity index is 1160. The molecule has 0 amide bonds. The van der Waals surface area contributed by atoms with Crippen LogP contribution in [0.15, 0.2) is 36.8 Å². The number of aryl methyl sites for hydroxylation is 2. The summed E-state index contributed by atoms with van der Waals surface area (Å²) in [5.74, 6) is 0.834. The first-order chi connectivity index (χ1) is 14.3. The lowest BCUT2D eigenvalue weighted by Gasteiger charge is -2.18. The Morgan fingerprint density at radius 1 is 1.20 bits per heavy atom. The number of hydrogen-bond donors (Lipinski definition) is 1. The van der Waals surface area contributed by atoms with Gasteiger partial charge in [0, 0.05) is 39.0 Å². The number of rotatable bonds is 7. The summed E-state index contributed by atoms with van der Waals surface area (Å²) in [6.45, 7) is 5.14. The van der Waals surface area contributed by atoms with Crippen LogP contribution in [0.1, 0.15) is 30.0 Å². The molecule has 1 aliphatic heterocycles. The summed E-state index contributed by atoms with van der Waals surface area (Å²) >= 11 is 0. The van der Waals surface area contributed by atoms with E-state index in [1.807, 2.05) is 17.7 Å². The predicted octanol–water partition coefficient (Wildman–Crippen LogP) is 2.76. The standard InChI is InChI=1S/C22H29N5O2S/c1-4-17-9-16(13-27-8-7-19(14-27)30(3,28)29)5-6-18(17)11-23-22-10-21-20(12-24-22)25-15-26(21)2/h5-6,9-10,12,15,19H,4,7-8,11,13-14H2,1-3H3,(H,23,24). The number of nitrogens with one attached hydrogen (secondary N) is 1. The SMILES string of the molecule is CCc1cc(CN2CCC(S(C)(=O)=O)C2)ccc1CNc1cc2c(cn1)ncn2C. The molecule has 2 aromatic heterocycles. The summed E-state index contributed by atoms with van der Waals surface area (Å²) in [6.07, 6.45) is 6.61. The van der Waals surface area contributed by atoms with Gasteiger partial charge in [0.1, 0.15) is 11.3 Å². The van der Waals surface area contributed by atoms with E-state index in [1.54, 1.807) is 12.5 Å². The smallest absolute Gasteiger partial charge is 0.151 e. The first kappa shape index (κ1) is 20.8. The molecule has 0 spiro atoms. The maximum Gasteiger partial charge on any atom is 0.151 e. The Balaban J connectivity index is 1.42.